The van der Waals surface area contributed by atoms with E-state index < -0.39 is 15.7 Å². The van der Waals surface area contributed by atoms with Crippen molar-refractivity contribution in [1.82, 2.24) is 9.80 Å². The fraction of sp³-hybridized carbons (Fsp3) is 0.500. The number of carbonyl (C=O) groups is 2. The molecule has 2 saturated heterocycles. The van der Waals surface area contributed by atoms with Crippen molar-refractivity contribution in [3.05, 3.63) is 23.8 Å². The molecule has 4 unspecified atom stereocenters. The van der Waals surface area contributed by atoms with Gasteiger partial charge < -0.3 is 14.4 Å². The maximum atomic E-state index is 13.1. The Labute approximate surface area is 155 Å². The Morgan fingerprint density at radius 3 is 2.81 bits per heavy atom. The molecule has 136 valence electrons. The van der Waals surface area contributed by atoms with Crippen LogP contribution >= 0.6 is 11.8 Å². The standard InChI is InChI=1S/C18H19N3O4S/c1-17(9-22)21(3)16(23)18(26-17)7-11(8-19)14(20(18)2)12-5-4-6-13-15(12)25-10-24-13/h4-6,9,11,14H,7,10H2,1-3H3. The lowest BCUT2D eigenvalue weighted by atomic mass is 9.93. The first-order valence-corrected chi connectivity index (χ1v) is 9.15. The van der Waals surface area contributed by atoms with Crippen molar-refractivity contribution in [2.45, 2.75) is 29.1 Å². The van der Waals surface area contributed by atoms with E-state index >= 15 is 0 Å². The first-order valence-electron chi connectivity index (χ1n) is 8.34. The lowest BCUT2D eigenvalue weighted by Gasteiger charge is -2.32. The number of benzene rings is 1. The van der Waals surface area contributed by atoms with Crippen LogP contribution in [0.5, 0.6) is 11.5 Å². The van der Waals surface area contributed by atoms with E-state index in [0.717, 1.165) is 11.8 Å². The molecule has 0 aliphatic carbocycles. The molecule has 3 heterocycles. The lowest BCUT2D eigenvalue weighted by molar-refractivity contribution is -0.138. The monoisotopic (exact) mass is 373 g/mol. The van der Waals surface area contributed by atoms with E-state index in [1.54, 1.807) is 14.0 Å². The van der Waals surface area contributed by atoms with Gasteiger partial charge in [0.2, 0.25) is 6.79 Å². The van der Waals surface area contributed by atoms with Gasteiger partial charge in [-0.15, -0.1) is 0 Å². The van der Waals surface area contributed by atoms with E-state index in [0.29, 0.717) is 17.9 Å². The van der Waals surface area contributed by atoms with Crippen LogP contribution in [-0.2, 0) is 9.59 Å². The number of carbonyl (C=O) groups excluding carboxylic acids is 2. The molecule has 4 atom stereocenters. The minimum absolute atomic E-state index is 0.144. The first-order chi connectivity index (χ1) is 12.4. The lowest BCUT2D eigenvalue weighted by Crippen LogP contribution is -2.47. The summed E-state index contributed by atoms with van der Waals surface area (Å²) in [6, 6.07) is 7.63. The van der Waals surface area contributed by atoms with Crippen molar-refractivity contribution in [1.29, 1.82) is 5.26 Å². The Morgan fingerprint density at radius 2 is 2.15 bits per heavy atom. The van der Waals surface area contributed by atoms with Gasteiger partial charge in [-0.25, -0.2) is 0 Å². The van der Waals surface area contributed by atoms with Crippen LogP contribution in [0.4, 0.5) is 0 Å². The highest BCUT2D eigenvalue weighted by Crippen LogP contribution is 2.60. The SMILES string of the molecule is CN1C(=O)C2(CC(C#N)C(c3cccc4c3OCO4)N2C)SC1(C)C=O. The summed E-state index contributed by atoms with van der Waals surface area (Å²) in [6.07, 6.45) is 1.15. The fourth-order valence-electron chi connectivity index (χ4n) is 4.15. The van der Waals surface area contributed by atoms with Crippen molar-refractivity contribution >= 4 is 24.0 Å². The fourth-order valence-corrected chi connectivity index (χ4v) is 5.84. The predicted octanol–water partition coefficient (Wildman–Crippen LogP) is 1.75. The number of amides is 1. The molecule has 3 aliphatic rings. The van der Waals surface area contributed by atoms with Crippen molar-refractivity contribution in [3.8, 4) is 17.6 Å². The number of hydrogen-bond donors (Lipinski definition) is 0. The predicted molar refractivity (Wildman–Crippen MR) is 94.4 cm³/mol. The number of ether oxygens (including phenoxy) is 2. The van der Waals surface area contributed by atoms with E-state index in [2.05, 4.69) is 6.07 Å². The molecule has 0 bridgehead atoms. The highest BCUT2D eigenvalue weighted by Gasteiger charge is 2.65. The number of likely N-dealkylation sites (N-methyl/N-ethyl adjacent to an activating group) is 2. The molecule has 0 radical (unpaired) electrons. The minimum Gasteiger partial charge on any atom is -0.454 e. The van der Waals surface area contributed by atoms with Crippen molar-refractivity contribution in [2.75, 3.05) is 20.9 Å². The molecule has 0 saturated carbocycles. The topological polar surface area (TPSA) is 82.9 Å². The van der Waals surface area contributed by atoms with Gasteiger partial charge in [0.15, 0.2) is 22.7 Å². The molecule has 0 N–H and O–H groups in total. The zero-order chi connectivity index (χ0) is 18.7. The van der Waals surface area contributed by atoms with Crippen LogP contribution in [0.15, 0.2) is 18.2 Å². The molecule has 1 spiro atoms. The number of likely N-dealkylation sites (tertiary alicyclic amines) is 1. The van der Waals surface area contributed by atoms with Gasteiger partial charge in [0, 0.05) is 19.0 Å². The number of nitrogens with zero attached hydrogens (tertiary/aromatic N) is 3. The molecule has 1 aromatic carbocycles. The van der Waals surface area contributed by atoms with E-state index in [9.17, 15) is 14.9 Å². The van der Waals surface area contributed by atoms with E-state index in [1.165, 1.54) is 16.7 Å². The highest BCUT2D eigenvalue weighted by atomic mass is 32.2. The van der Waals surface area contributed by atoms with Gasteiger partial charge in [-0.3, -0.25) is 14.5 Å². The second-order valence-corrected chi connectivity index (χ2v) is 8.71. The van der Waals surface area contributed by atoms with Gasteiger partial charge in [0.25, 0.3) is 5.91 Å². The second kappa shape index (κ2) is 5.63. The van der Waals surface area contributed by atoms with Crippen LogP contribution in [0.3, 0.4) is 0 Å². The number of rotatable bonds is 2. The molecule has 1 amide bonds. The van der Waals surface area contributed by atoms with Gasteiger partial charge in [-0.1, -0.05) is 23.9 Å². The van der Waals surface area contributed by atoms with E-state index in [1.807, 2.05) is 30.1 Å². The Bertz CT molecular complexity index is 840. The summed E-state index contributed by atoms with van der Waals surface area (Å²) in [5, 5.41) is 9.79. The number of aldehydes is 1. The molecular formula is C18H19N3O4S. The van der Waals surface area contributed by atoms with Crippen LogP contribution in [0.2, 0.25) is 0 Å². The maximum Gasteiger partial charge on any atom is 0.254 e. The molecule has 8 heteroatoms. The van der Waals surface area contributed by atoms with Gasteiger partial charge >= 0.3 is 0 Å². The summed E-state index contributed by atoms with van der Waals surface area (Å²) in [7, 11) is 3.48. The van der Waals surface area contributed by atoms with Crippen LogP contribution in [0.25, 0.3) is 0 Å². The molecule has 2 fully saturated rings. The molecule has 7 nitrogen and oxygen atoms in total. The van der Waals surface area contributed by atoms with Crippen molar-refractivity contribution < 1.29 is 19.1 Å². The summed E-state index contributed by atoms with van der Waals surface area (Å²) in [4.78, 5) is 26.3. The highest BCUT2D eigenvalue weighted by molar-refractivity contribution is 8.03. The number of fused-ring (bicyclic) bond motifs is 1. The van der Waals surface area contributed by atoms with Gasteiger partial charge in [-0.2, -0.15) is 5.26 Å². The molecule has 26 heavy (non-hydrogen) atoms. The Kier molecular flexibility index (Phi) is 3.72. The third-order valence-electron chi connectivity index (χ3n) is 5.68. The number of nitriles is 1. The average molecular weight is 373 g/mol. The first kappa shape index (κ1) is 17.2. The zero-order valence-corrected chi connectivity index (χ0v) is 15.6. The second-order valence-electron chi connectivity index (χ2n) is 7.00. The molecule has 3 aliphatic heterocycles. The quantitative estimate of drug-likeness (QED) is 0.730. The minimum atomic E-state index is -0.947. The summed E-state index contributed by atoms with van der Waals surface area (Å²) < 4.78 is 11.1. The number of thioether (sulfide) groups is 1. The summed E-state index contributed by atoms with van der Waals surface area (Å²) in [5.41, 5.74) is 0.835. The molecule has 4 rings (SSSR count). The van der Waals surface area contributed by atoms with Gasteiger partial charge in [0.05, 0.1) is 18.0 Å². The van der Waals surface area contributed by atoms with Gasteiger partial charge in [-0.05, 0) is 20.0 Å². The summed E-state index contributed by atoms with van der Waals surface area (Å²) in [5.74, 6) is 0.721. The number of para-hydroxylation sites is 1. The largest absolute Gasteiger partial charge is 0.454 e. The van der Waals surface area contributed by atoms with Crippen LogP contribution in [-0.4, -0.2) is 52.6 Å². The van der Waals surface area contributed by atoms with Crippen molar-refractivity contribution in [2.24, 2.45) is 5.92 Å². The van der Waals surface area contributed by atoms with E-state index in [4.69, 9.17) is 9.47 Å². The van der Waals surface area contributed by atoms with Crippen LogP contribution in [0, 0.1) is 17.2 Å². The smallest absolute Gasteiger partial charge is 0.254 e. The van der Waals surface area contributed by atoms with Gasteiger partial charge in [0.1, 0.15) is 4.87 Å². The normalized spacial score (nSPS) is 35.9. The summed E-state index contributed by atoms with van der Waals surface area (Å²) >= 11 is 1.31. The molecule has 1 aromatic rings. The Hall–Kier alpha value is -2.24. The third kappa shape index (κ3) is 2.04. The Balaban J connectivity index is 1.80. The summed E-state index contributed by atoms with van der Waals surface area (Å²) in [6.45, 7) is 1.88. The maximum absolute atomic E-state index is 13.1. The Morgan fingerprint density at radius 1 is 1.38 bits per heavy atom. The van der Waals surface area contributed by atoms with Crippen LogP contribution < -0.4 is 9.47 Å². The van der Waals surface area contributed by atoms with Crippen LogP contribution in [0.1, 0.15) is 24.9 Å². The van der Waals surface area contributed by atoms with Crippen molar-refractivity contribution in [3.63, 3.8) is 0 Å². The zero-order valence-electron chi connectivity index (χ0n) is 14.8. The average Bonchev–Trinajstić information content (AvgIpc) is 3.28. The third-order valence-corrected chi connectivity index (χ3v) is 7.43. The molecular weight excluding hydrogens is 354 g/mol. The number of hydrogen-bond acceptors (Lipinski definition) is 7. The molecule has 0 aromatic heterocycles. The van der Waals surface area contributed by atoms with E-state index in [-0.39, 0.29) is 18.7 Å².